The van der Waals surface area contributed by atoms with Crippen LogP contribution in [-0.4, -0.2) is 17.3 Å². The molecule has 1 aliphatic heterocycles. The summed E-state index contributed by atoms with van der Waals surface area (Å²) in [5.41, 5.74) is 7.30. The van der Waals surface area contributed by atoms with Gasteiger partial charge in [-0.05, 0) is 46.6 Å². The quantitative estimate of drug-likeness (QED) is 0.486. The first-order chi connectivity index (χ1) is 17.8. The molecule has 0 spiro atoms. The van der Waals surface area contributed by atoms with E-state index >= 15 is 0 Å². The fourth-order valence-electron chi connectivity index (χ4n) is 3.84. The van der Waals surface area contributed by atoms with E-state index in [1.54, 1.807) is 0 Å². The smallest absolute Gasteiger partial charge is 0.205 e. The van der Waals surface area contributed by atoms with Crippen LogP contribution in [0.25, 0.3) is 9.81 Å². The number of rotatable bonds is 3. The molecule has 0 saturated heterocycles. The van der Waals surface area contributed by atoms with Crippen molar-refractivity contribution < 1.29 is 33.5 Å². The van der Waals surface area contributed by atoms with Crippen LogP contribution < -0.4 is 18.6 Å². The molecule has 0 N–H and O–H groups in total. The van der Waals surface area contributed by atoms with Crippen molar-refractivity contribution in [3.63, 3.8) is 0 Å². The first kappa shape index (κ1) is 26.6. The molecule has 0 amide bonds. The van der Waals surface area contributed by atoms with Gasteiger partial charge in [-0.15, -0.1) is 10.2 Å². The van der Waals surface area contributed by atoms with Crippen LogP contribution in [0.4, 0.5) is 5.69 Å². The first-order valence-electron chi connectivity index (χ1n) is 11.4. The summed E-state index contributed by atoms with van der Waals surface area (Å²) in [6.07, 6.45) is 13.5. The van der Waals surface area contributed by atoms with Gasteiger partial charge < -0.3 is 0 Å². The summed E-state index contributed by atoms with van der Waals surface area (Å²) in [4.78, 5) is 2.54. The topological polar surface area (TPSA) is 95.2 Å². The third kappa shape index (κ3) is 7.74. The Hall–Kier alpha value is -3.49. The minimum absolute atomic E-state index is 1.17. The largest absolute Gasteiger partial charge is 0.222 e. The summed E-state index contributed by atoms with van der Waals surface area (Å²) >= 11 is 1.83. The Morgan fingerprint density at radius 3 is 1.41 bits per heavy atom. The fourth-order valence-corrected chi connectivity index (χ4v) is 4.95. The summed E-state index contributed by atoms with van der Waals surface area (Å²) in [6.45, 7) is 0. The van der Waals surface area contributed by atoms with Crippen LogP contribution in [0.15, 0.2) is 139 Å². The lowest BCUT2D eigenvalue weighted by Crippen LogP contribution is -2.68. The Morgan fingerprint density at radius 1 is 0.568 bits per heavy atom. The fraction of sp³-hybridized carbons (Fsp3) is 0.0333. The van der Waals surface area contributed by atoms with Crippen molar-refractivity contribution in [3.05, 3.63) is 150 Å². The summed E-state index contributed by atoms with van der Waals surface area (Å²) in [5, 5.41) is 0. The van der Waals surface area contributed by atoms with E-state index in [4.69, 9.17) is 18.6 Å². The third-order valence-corrected chi connectivity index (χ3v) is 6.79. The number of hydrogen-bond acceptors (Lipinski definition) is 5. The number of nitrogens with zero attached hydrogens (tertiary/aromatic N) is 1. The van der Waals surface area contributed by atoms with Crippen molar-refractivity contribution >= 4 is 33.0 Å². The van der Waals surface area contributed by atoms with Crippen LogP contribution in [0.5, 0.6) is 0 Å². The molecule has 186 valence electrons. The standard InChI is InChI=1S/C30H24NS.ClHO4/c1-31(27-15-9-4-10-16-27)28-19-17-23(18-20-28)26-21-29(24-11-5-2-6-12-24)32-30(22-26)25-13-7-3-8-14-25;2-1(3,4)5/h2-22H,1H3;(H,2,3,4,5)/q+1;/p-1. The lowest BCUT2D eigenvalue weighted by molar-refractivity contribution is -2.00. The maximum Gasteiger partial charge on any atom is 0.205 e. The summed E-state index contributed by atoms with van der Waals surface area (Å²) in [7, 11) is -2.84. The van der Waals surface area contributed by atoms with Gasteiger partial charge in [0.2, 0.25) is 11.4 Å². The molecule has 0 atom stereocenters. The molecule has 3 aromatic carbocycles. The number of allylic oxidation sites excluding steroid dienone is 8. The second-order valence-electron chi connectivity index (χ2n) is 8.13. The van der Waals surface area contributed by atoms with Gasteiger partial charge in [0, 0.05) is 34.1 Å². The highest BCUT2D eigenvalue weighted by atomic mass is 35.7. The van der Waals surface area contributed by atoms with Crippen molar-refractivity contribution in [3.8, 4) is 0 Å². The van der Waals surface area contributed by atoms with Crippen LogP contribution in [0.3, 0.4) is 0 Å². The normalized spacial score (nSPS) is 15.0. The van der Waals surface area contributed by atoms with E-state index in [9.17, 15) is 0 Å². The molecule has 2 aliphatic rings. The van der Waals surface area contributed by atoms with Crippen LogP contribution in [-0.2, 0) is 0 Å². The van der Waals surface area contributed by atoms with E-state index < -0.39 is 10.2 Å². The molecular weight excluding hydrogens is 506 g/mol. The Morgan fingerprint density at radius 2 is 0.973 bits per heavy atom. The van der Waals surface area contributed by atoms with E-state index in [1.807, 2.05) is 17.8 Å². The zero-order chi connectivity index (χ0) is 26.3. The average Bonchev–Trinajstić information content (AvgIpc) is 2.93. The van der Waals surface area contributed by atoms with Gasteiger partial charge in [-0.1, -0.05) is 90.6 Å². The molecule has 0 unspecified atom stereocenters. The molecule has 5 rings (SSSR count). The van der Waals surface area contributed by atoms with Crippen molar-refractivity contribution in [2.75, 3.05) is 7.05 Å². The molecule has 0 saturated carbocycles. The summed E-state index contributed by atoms with van der Waals surface area (Å²) < 4.78 is 36.2. The van der Waals surface area contributed by atoms with Gasteiger partial charge in [-0.25, -0.2) is 18.6 Å². The summed E-state index contributed by atoms with van der Waals surface area (Å²) in [6, 6.07) is 31.7. The van der Waals surface area contributed by atoms with Gasteiger partial charge in [0.15, 0.2) is 0 Å². The maximum atomic E-state index is 8.49. The van der Waals surface area contributed by atoms with Crippen molar-refractivity contribution in [1.82, 2.24) is 0 Å². The van der Waals surface area contributed by atoms with Gasteiger partial charge in [-0.3, -0.25) is 0 Å². The number of para-hydroxylation sites is 1. The molecule has 0 fully saturated rings. The third-order valence-electron chi connectivity index (χ3n) is 5.64. The van der Waals surface area contributed by atoms with E-state index in [-0.39, 0.29) is 0 Å². The zero-order valence-corrected chi connectivity index (χ0v) is 21.6. The predicted octanol–water partition coefficient (Wildman–Crippen LogP) is 2.90. The Bertz CT molecular complexity index is 1340. The summed E-state index contributed by atoms with van der Waals surface area (Å²) in [5.74, 6) is 0. The average molecular weight is 530 g/mol. The Kier molecular flexibility index (Phi) is 8.74. The van der Waals surface area contributed by atoms with E-state index in [0.29, 0.717) is 0 Å². The molecular formula is C30H24ClNO4S. The van der Waals surface area contributed by atoms with Crippen molar-refractivity contribution in [1.29, 1.82) is 0 Å². The van der Waals surface area contributed by atoms with Gasteiger partial charge in [0.1, 0.15) is 7.05 Å². The highest BCUT2D eigenvalue weighted by molar-refractivity contribution is 8.16. The SMILES string of the molecule is C[N+](=C1C=CC(=C2C=C(c3ccccc3)SC(c3ccccc3)=C2)C=C1)c1ccccc1.[O-][Cl+3]([O-])([O-])[O-]. The number of hydrogen-bond donors (Lipinski definition) is 0. The van der Waals surface area contributed by atoms with Crippen molar-refractivity contribution in [2.45, 2.75) is 0 Å². The van der Waals surface area contributed by atoms with Crippen molar-refractivity contribution in [2.24, 2.45) is 0 Å². The van der Waals surface area contributed by atoms with Crippen LogP contribution in [0, 0.1) is 10.2 Å². The van der Waals surface area contributed by atoms with Gasteiger partial charge >= 0.3 is 0 Å². The second-order valence-corrected chi connectivity index (χ2v) is 9.97. The van der Waals surface area contributed by atoms with Crippen LogP contribution in [0.1, 0.15) is 11.1 Å². The minimum Gasteiger partial charge on any atom is -0.222 e. The maximum absolute atomic E-state index is 8.49. The van der Waals surface area contributed by atoms with Crippen LogP contribution in [0.2, 0.25) is 0 Å². The first-order valence-corrected chi connectivity index (χ1v) is 13.4. The van der Waals surface area contributed by atoms with Gasteiger partial charge in [-0.2, -0.15) is 4.58 Å². The second kappa shape index (κ2) is 12.2. The Labute approximate surface area is 222 Å². The molecule has 1 aliphatic carbocycles. The van der Waals surface area contributed by atoms with E-state index in [2.05, 4.69) is 133 Å². The molecule has 1 heterocycles. The molecule has 0 radical (unpaired) electrons. The monoisotopic (exact) mass is 529 g/mol. The number of benzene rings is 3. The highest BCUT2D eigenvalue weighted by Crippen LogP contribution is 2.44. The Balaban J connectivity index is 0.000000586. The minimum atomic E-state index is -4.94. The lowest BCUT2D eigenvalue weighted by Gasteiger charge is -2.18. The van der Waals surface area contributed by atoms with Gasteiger partial charge in [0.05, 0.1) is 0 Å². The molecule has 5 nitrogen and oxygen atoms in total. The molecule has 3 aromatic rings. The number of halogens is 1. The van der Waals surface area contributed by atoms with Gasteiger partial charge in [0.25, 0.3) is 0 Å². The molecule has 0 aromatic heterocycles. The predicted molar refractivity (Wildman–Crippen MR) is 139 cm³/mol. The number of thioether (sulfide) groups is 1. The van der Waals surface area contributed by atoms with E-state index in [0.717, 1.165) is 0 Å². The molecule has 7 heteroatoms. The lowest BCUT2D eigenvalue weighted by atomic mass is 9.99. The highest BCUT2D eigenvalue weighted by Gasteiger charge is 2.17. The molecule has 37 heavy (non-hydrogen) atoms. The molecule has 0 bridgehead atoms. The van der Waals surface area contributed by atoms with Crippen LogP contribution >= 0.6 is 11.8 Å². The van der Waals surface area contributed by atoms with E-state index in [1.165, 1.54) is 43.5 Å². The zero-order valence-electron chi connectivity index (χ0n) is 20.0.